The van der Waals surface area contributed by atoms with Gasteiger partial charge in [0.2, 0.25) is 0 Å². The second-order valence-corrected chi connectivity index (χ2v) is 7.23. The minimum Gasteiger partial charge on any atom is -0.497 e. The average molecular weight is 393 g/mol. The van der Waals surface area contributed by atoms with E-state index < -0.39 is 0 Å². The van der Waals surface area contributed by atoms with Crippen molar-refractivity contribution in [2.75, 3.05) is 14.2 Å². The van der Waals surface area contributed by atoms with Crippen molar-refractivity contribution in [2.45, 2.75) is 26.8 Å². The van der Waals surface area contributed by atoms with Gasteiger partial charge in [0.15, 0.2) is 0 Å². The van der Waals surface area contributed by atoms with E-state index in [1.54, 1.807) is 31.0 Å². The standard InChI is InChI=1S/C23H27N3O3/c1-15(2)16(3)24-23(27)21-14-20(25-26(21)17-9-7-6-8-10-17)19-12-11-18(28-4)13-22(19)29-5/h6-16H,1-5H3,(H,24,27). The number of rotatable bonds is 7. The van der Waals surface area contributed by atoms with Crippen molar-refractivity contribution >= 4 is 5.91 Å². The molecule has 1 amide bonds. The molecule has 2 aromatic carbocycles. The molecule has 6 nitrogen and oxygen atoms in total. The van der Waals surface area contributed by atoms with Crippen LogP contribution >= 0.6 is 0 Å². The van der Waals surface area contributed by atoms with E-state index in [9.17, 15) is 4.79 Å². The number of carbonyl (C=O) groups is 1. The van der Waals surface area contributed by atoms with Gasteiger partial charge < -0.3 is 14.8 Å². The number of methoxy groups -OCH3 is 2. The van der Waals surface area contributed by atoms with Crippen molar-refractivity contribution in [1.29, 1.82) is 0 Å². The molecule has 1 atom stereocenters. The average Bonchev–Trinajstić information content (AvgIpc) is 3.19. The Bertz CT molecular complexity index is 980. The maximum atomic E-state index is 13.0. The van der Waals surface area contributed by atoms with Crippen LogP contribution in [0.5, 0.6) is 11.5 Å². The molecule has 0 fully saturated rings. The van der Waals surface area contributed by atoms with Crippen LogP contribution in [0.25, 0.3) is 16.9 Å². The van der Waals surface area contributed by atoms with Crippen molar-refractivity contribution in [2.24, 2.45) is 5.92 Å². The first kappa shape index (κ1) is 20.5. The molecule has 1 aromatic heterocycles. The van der Waals surface area contributed by atoms with Gasteiger partial charge >= 0.3 is 0 Å². The number of hydrogen-bond donors (Lipinski definition) is 1. The molecule has 3 rings (SSSR count). The third kappa shape index (κ3) is 4.42. The van der Waals surface area contributed by atoms with Gasteiger partial charge in [0.05, 0.1) is 25.6 Å². The van der Waals surface area contributed by atoms with Crippen LogP contribution in [0, 0.1) is 5.92 Å². The number of carbonyl (C=O) groups excluding carboxylic acids is 1. The Labute approximate surface area is 171 Å². The van der Waals surface area contributed by atoms with E-state index in [2.05, 4.69) is 19.2 Å². The highest BCUT2D eigenvalue weighted by molar-refractivity contribution is 5.94. The molecule has 152 valence electrons. The van der Waals surface area contributed by atoms with Crippen LogP contribution in [0.2, 0.25) is 0 Å². The Hall–Kier alpha value is -3.28. The summed E-state index contributed by atoms with van der Waals surface area (Å²) in [4.78, 5) is 13.0. The zero-order chi connectivity index (χ0) is 21.0. The highest BCUT2D eigenvalue weighted by Gasteiger charge is 2.21. The van der Waals surface area contributed by atoms with Crippen molar-refractivity contribution in [3.8, 4) is 28.4 Å². The van der Waals surface area contributed by atoms with E-state index in [0.717, 1.165) is 11.3 Å². The Kier molecular flexibility index (Phi) is 6.22. The summed E-state index contributed by atoms with van der Waals surface area (Å²) in [5.41, 5.74) is 2.72. The fraction of sp³-hybridized carbons (Fsp3) is 0.304. The SMILES string of the molecule is COc1ccc(-c2cc(C(=O)NC(C)C(C)C)n(-c3ccccc3)n2)c(OC)c1. The predicted molar refractivity (Wildman–Crippen MR) is 114 cm³/mol. The number of amides is 1. The van der Waals surface area contributed by atoms with Crippen molar-refractivity contribution in [3.05, 3.63) is 60.3 Å². The lowest BCUT2D eigenvalue weighted by Gasteiger charge is -2.17. The normalized spacial score (nSPS) is 11.9. The van der Waals surface area contributed by atoms with Gasteiger partial charge in [-0.1, -0.05) is 32.0 Å². The zero-order valence-electron chi connectivity index (χ0n) is 17.5. The van der Waals surface area contributed by atoms with E-state index in [1.165, 1.54) is 0 Å². The van der Waals surface area contributed by atoms with Crippen LogP contribution in [0.4, 0.5) is 0 Å². The van der Waals surface area contributed by atoms with E-state index in [0.29, 0.717) is 28.8 Å². The fourth-order valence-electron chi connectivity index (χ4n) is 2.90. The first-order valence-corrected chi connectivity index (χ1v) is 9.63. The fourth-order valence-corrected chi connectivity index (χ4v) is 2.90. The quantitative estimate of drug-likeness (QED) is 0.649. The molecule has 3 aromatic rings. The van der Waals surface area contributed by atoms with Gasteiger partial charge in [-0.2, -0.15) is 5.10 Å². The van der Waals surface area contributed by atoms with Crippen LogP contribution < -0.4 is 14.8 Å². The molecule has 29 heavy (non-hydrogen) atoms. The lowest BCUT2D eigenvalue weighted by Crippen LogP contribution is -2.37. The summed E-state index contributed by atoms with van der Waals surface area (Å²) in [5, 5.41) is 7.79. The number of nitrogens with one attached hydrogen (secondary N) is 1. The highest BCUT2D eigenvalue weighted by Crippen LogP contribution is 2.33. The largest absolute Gasteiger partial charge is 0.497 e. The smallest absolute Gasteiger partial charge is 0.270 e. The van der Waals surface area contributed by atoms with E-state index in [-0.39, 0.29) is 11.9 Å². The molecule has 0 saturated carbocycles. The van der Waals surface area contributed by atoms with Gasteiger partial charge in [-0.25, -0.2) is 4.68 Å². The van der Waals surface area contributed by atoms with Gasteiger partial charge in [0.25, 0.3) is 5.91 Å². The van der Waals surface area contributed by atoms with Gasteiger partial charge in [0.1, 0.15) is 17.2 Å². The number of hydrogen-bond acceptors (Lipinski definition) is 4. The molecule has 0 spiro atoms. The summed E-state index contributed by atoms with van der Waals surface area (Å²) in [6.45, 7) is 6.15. The maximum absolute atomic E-state index is 13.0. The zero-order valence-corrected chi connectivity index (χ0v) is 17.5. The van der Waals surface area contributed by atoms with Gasteiger partial charge in [-0.15, -0.1) is 0 Å². The molecule has 1 heterocycles. The molecule has 0 radical (unpaired) electrons. The number of ether oxygens (including phenoxy) is 2. The summed E-state index contributed by atoms with van der Waals surface area (Å²) in [6, 6.07) is 17.0. The van der Waals surface area contributed by atoms with E-state index in [4.69, 9.17) is 14.6 Å². The molecule has 0 aliphatic heterocycles. The second kappa shape index (κ2) is 8.82. The lowest BCUT2D eigenvalue weighted by molar-refractivity contribution is 0.0922. The maximum Gasteiger partial charge on any atom is 0.270 e. The summed E-state index contributed by atoms with van der Waals surface area (Å²) < 4.78 is 12.5. The van der Waals surface area contributed by atoms with Crippen LogP contribution in [0.1, 0.15) is 31.3 Å². The molecule has 0 aliphatic carbocycles. The second-order valence-electron chi connectivity index (χ2n) is 7.23. The topological polar surface area (TPSA) is 65.4 Å². The Morgan fingerprint density at radius 1 is 1.00 bits per heavy atom. The lowest BCUT2D eigenvalue weighted by atomic mass is 10.1. The first-order valence-electron chi connectivity index (χ1n) is 9.63. The molecular weight excluding hydrogens is 366 g/mol. The monoisotopic (exact) mass is 393 g/mol. The predicted octanol–water partition coefficient (Wildman–Crippen LogP) is 4.33. The molecule has 1 unspecified atom stereocenters. The van der Waals surface area contributed by atoms with Gasteiger partial charge in [-0.3, -0.25) is 4.79 Å². The van der Waals surface area contributed by atoms with E-state index in [1.807, 2.05) is 49.4 Å². The molecule has 0 saturated heterocycles. The highest BCUT2D eigenvalue weighted by atomic mass is 16.5. The summed E-state index contributed by atoms with van der Waals surface area (Å²) in [6.07, 6.45) is 0. The third-order valence-corrected chi connectivity index (χ3v) is 4.99. The number of para-hydroxylation sites is 1. The van der Waals surface area contributed by atoms with Crippen LogP contribution in [-0.2, 0) is 0 Å². The number of aromatic nitrogens is 2. The van der Waals surface area contributed by atoms with Crippen LogP contribution in [-0.4, -0.2) is 35.9 Å². The van der Waals surface area contributed by atoms with Crippen LogP contribution in [0.3, 0.4) is 0 Å². The van der Waals surface area contributed by atoms with Crippen molar-refractivity contribution in [3.63, 3.8) is 0 Å². The summed E-state index contributed by atoms with van der Waals surface area (Å²) in [7, 11) is 3.21. The van der Waals surface area contributed by atoms with Gasteiger partial charge in [0, 0.05) is 17.7 Å². The summed E-state index contributed by atoms with van der Waals surface area (Å²) in [5.74, 6) is 1.48. The third-order valence-electron chi connectivity index (χ3n) is 4.99. The minimum atomic E-state index is -0.165. The molecule has 6 heteroatoms. The number of nitrogens with zero attached hydrogens (tertiary/aromatic N) is 2. The molecule has 0 aliphatic rings. The Morgan fingerprint density at radius 3 is 2.34 bits per heavy atom. The van der Waals surface area contributed by atoms with E-state index >= 15 is 0 Å². The van der Waals surface area contributed by atoms with Crippen molar-refractivity contribution < 1.29 is 14.3 Å². The van der Waals surface area contributed by atoms with Crippen LogP contribution in [0.15, 0.2) is 54.6 Å². The van der Waals surface area contributed by atoms with Gasteiger partial charge in [-0.05, 0) is 43.2 Å². The molecule has 1 N–H and O–H groups in total. The summed E-state index contributed by atoms with van der Waals surface area (Å²) >= 11 is 0. The Balaban J connectivity index is 2.09. The van der Waals surface area contributed by atoms with Crippen molar-refractivity contribution in [1.82, 2.24) is 15.1 Å². The molecular formula is C23H27N3O3. The first-order chi connectivity index (χ1) is 13.9. The molecule has 0 bridgehead atoms. The number of benzene rings is 2. The Morgan fingerprint density at radius 2 is 1.72 bits per heavy atom. The minimum absolute atomic E-state index is 0.0422.